The fraction of sp³-hybridized carbons (Fsp3) is 0.308. The number of rotatable bonds is 3. The van der Waals surface area contributed by atoms with Gasteiger partial charge in [0.2, 0.25) is 4.96 Å². The number of aromatic nitrogens is 4. The monoisotopic (exact) mass is 336 g/mol. The maximum atomic E-state index is 4.62. The van der Waals surface area contributed by atoms with Crippen molar-refractivity contribution in [3.63, 3.8) is 0 Å². The van der Waals surface area contributed by atoms with E-state index in [1.54, 1.807) is 11.3 Å². The van der Waals surface area contributed by atoms with Gasteiger partial charge in [-0.15, -0.1) is 10.2 Å². The van der Waals surface area contributed by atoms with Crippen molar-refractivity contribution in [1.82, 2.24) is 19.8 Å². The lowest BCUT2D eigenvalue weighted by Gasteiger charge is -1.99. The van der Waals surface area contributed by atoms with Crippen LogP contribution in [0.25, 0.3) is 15.5 Å². The number of hydrogen-bond acceptors (Lipinski definition) is 4. The second-order valence-electron chi connectivity index (χ2n) is 4.82. The summed E-state index contributed by atoms with van der Waals surface area (Å²) in [5, 5.41) is 14.0. The fourth-order valence-corrected chi connectivity index (χ4v) is 2.99. The number of fused-ring (bicyclic) bond motifs is 1. The molecule has 0 saturated carbocycles. The first-order valence-electron chi connectivity index (χ1n) is 6.10. The van der Waals surface area contributed by atoms with Gasteiger partial charge in [0.1, 0.15) is 5.01 Å². The highest BCUT2D eigenvalue weighted by atomic mass is 79.9. The highest BCUT2D eigenvalue weighted by molar-refractivity contribution is 9.10. The van der Waals surface area contributed by atoms with Crippen molar-refractivity contribution in [2.45, 2.75) is 20.3 Å². The second-order valence-corrected chi connectivity index (χ2v) is 6.69. The smallest absolute Gasteiger partial charge is 0.187 e. The molecule has 0 bridgehead atoms. The van der Waals surface area contributed by atoms with Crippen molar-refractivity contribution in [2.75, 3.05) is 0 Å². The number of nitrogens with zero attached hydrogens (tertiary/aromatic N) is 4. The SMILES string of the molecule is CC(C)Cc1nnc2sc(-c3ccc(Br)cc3)nn12. The van der Waals surface area contributed by atoms with Gasteiger partial charge < -0.3 is 0 Å². The van der Waals surface area contributed by atoms with E-state index in [1.165, 1.54) is 0 Å². The predicted octanol–water partition coefficient (Wildman–Crippen LogP) is 3.81. The van der Waals surface area contributed by atoms with Gasteiger partial charge in [-0.25, -0.2) is 0 Å². The summed E-state index contributed by atoms with van der Waals surface area (Å²) >= 11 is 5.01. The third-order valence-corrected chi connectivity index (χ3v) is 4.21. The lowest BCUT2D eigenvalue weighted by molar-refractivity contribution is 0.607. The molecule has 0 fully saturated rings. The third-order valence-electron chi connectivity index (χ3n) is 2.74. The Bertz CT molecular complexity index is 699. The standard InChI is InChI=1S/C13H13BrN4S/c1-8(2)7-11-15-16-13-18(11)17-12(19-13)9-3-5-10(14)6-4-9/h3-6,8H,7H2,1-2H3. The van der Waals surface area contributed by atoms with E-state index in [2.05, 4.69) is 57.2 Å². The molecule has 2 aromatic heterocycles. The molecule has 0 aliphatic carbocycles. The highest BCUT2D eigenvalue weighted by Gasteiger charge is 2.13. The number of halogens is 1. The van der Waals surface area contributed by atoms with Crippen LogP contribution in [0.4, 0.5) is 0 Å². The summed E-state index contributed by atoms with van der Waals surface area (Å²) < 4.78 is 2.93. The van der Waals surface area contributed by atoms with Gasteiger partial charge in [0.05, 0.1) is 0 Å². The Morgan fingerprint density at radius 2 is 1.95 bits per heavy atom. The van der Waals surface area contributed by atoms with Crippen molar-refractivity contribution in [1.29, 1.82) is 0 Å². The van der Waals surface area contributed by atoms with Gasteiger partial charge in [0.25, 0.3) is 0 Å². The Hall–Kier alpha value is -1.27. The molecule has 0 aliphatic rings. The summed E-state index contributed by atoms with van der Waals surface area (Å²) in [6.07, 6.45) is 0.894. The van der Waals surface area contributed by atoms with Crippen LogP contribution in [-0.2, 0) is 6.42 Å². The molecule has 3 rings (SSSR count). The Balaban J connectivity index is 2.02. The molecule has 0 amide bonds. The largest absolute Gasteiger partial charge is 0.234 e. The summed E-state index contributed by atoms with van der Waals surface area (Å²) in [5.41, 5.74) is 1.11. The minimum Gasteiger partial charge on any atom is -0.187 e. The summed E-state index contributed by atoms with van der Waals surface area (Å²) in [6, 6.07) is 8.15. The molecule has 4 nitrogen and oxygen atoms in total. The molecule has 0 radical (unpaired) electrons. The summed E-state index contributed by atoms with van der Waals surface area (Å²) in [5.74, 6) is 1.48. The average molecular weight is 337 g/mol. The Kier molecular flexibility index (Phi) is 3.36. The van der Waals surface area contributed by atoms with Crippen LogP contribution in [0.15, 0.2) is 28.7 Å². The summed E-state index contributed by atoms with van der Waals surface area (Å²) in [6.45, 7) is 4.34. The summed E-state index contributed by atoms with van der Waals surface area (Å²) in [4.78, 5) is 0.855. The van der Waals surface area contributed by atoms with Crippen molar-refractivity contribution < 1.29 is 0 Å². The van der Waals surface area contributed by atoms with Gasteiger partial charge in [-0.2, -0.15) is 9.61 Å². The van der Waals surface area contributed by atoms with Gasteiger partial charge in [-0.05, 0) is 18.1 Å². The van der Waals surface area contributed by atoms with E-state index in [0.717, 1.165) is 32.2 Å². The first-order valence-corrected chi connectivity index (χ1v) is 7.71. The quantitative estimate of drug-likeness (QED) is 0.730. The molecule has 98 valence electrons. The zero-order chi connectivity index (χ0) is 13.4. The van der Waals surface area contributed by atoms with Gasteiger partial charge in [-0.3, -0.25) is 0 Å². The highest BCUT2D eigenvalue weighted by Crippen LogP contribution is 2.26. The van der Waals surface area contributed by atoms with E-state index in [1.807, 2.05) is 16.6 Å². The Labute approximate surface area is 123 Å². The van der Waals surface area contributed by atoms with Gasteiger partial charge >= 0.3 is 0 Å². The van der Waals surface area contributed by atoms with E-state index < -0.39 is 0 Å². The van der Waals surface area contributed by atoms with Crippen LogP contribution in [0.1, 0.15) is 19.7 Å². The molecular weight excluding hydrogens is 324 g/mol. The maximum Gasteiger partial charge on any atom is 0.234 e. The van der Waals surface area contributed by atoms with E-state index in [0.29, 0.717) is 5.92 Å². The summed E-state index contributed by atoms with van der Waals surface area (Å²) in [7, 11) is 0. The lowest BCUT2D eigenvalue weighted by atomic mass is 10.1. The normalized spacial score (nSPS) is 11.6. The molecule has 1 aromatic carbocycles. The molecule has 6 heteroatoms. The van der Waals surface area contributed by atoms with Crippen LogP contribution in [0.3, 0.4) is 0 Å². The first-order chi connectivity index (χ1) is 9.13. The Morgan fingerprint density at radius 1 is 1.21 bits per heavy atom. The number of hydrogen-bond donors (Lipinski definition) is 0. The van der Waals surface area contributed by atoms with Crippen LogP contribution in [0.5, 0.6) is 0 Å². The van der Waals surface area contributed by atoms with E-state index in [-0.39, 0.29) is 0 Å². The van der Waals surface area contributed by atoms with Crippen molar-refractivity contribution in [2.24, 2.45) is 5.92 Å². The molecule has 0 aliphatic heterocycles. The molecule has 19 heavy (non-hydrogen) atoms. The molecule has 0 atom stereocenters. The van der Waals surface area contributed by atoms with Gasteiger partial charge in [0, 0.05) is 16.5 Å². The minimum absolute atomic E-state index is 0.547. The fourth-order valence-electron chi connectivity index (χ4n) is 1.86. The van der Waals surface area contributed by atoms with Crippen LogP contribution in [0.2, 0.25) is 0 Å². The molecule has 0 unspecified atom stereocenters. The molecule has 2 heterocycles. The molecule has 0 N–H and O–H groups in total. The van der Waals surface area contributed by atoms with E-state index in [4.69, 9.17) is 0 Å². The molecule has 3 aromatic rings. The zero-order valence-electron chi connectivity index (χ0n) is 10.7. The lowest BCUT2D eigenvalue weighted by Crippen LogP contribution is -2.01. The zero-order valence-corrected chi connectivity index (χ0v) is 13.1. The van der Waals surface area contributed by atoms with Gasteiger partial charge in [0.15, 0.2) is 5.82 Å². The minimum atomic E-state index is 0.547. The molecular formula is C13H13BrN4S. The molecule has 0 saturated heterocycles. The number of benzene rings is 1. The average Bonchev–Trinajstić information content (AvgIpc) is 2.92. The van der Waals surface area contributed by atoms with Crippen LogP contribution >= 0.6 is 27.3 Å². The van der Waals surface area contributed by atoms with E-state index in [9.17, 15) is 0 Å². The third kappa shape index (κ3) is 2.55. The Morgan fingerprint density at radius 3 is 2.63 bits per heavy atom. The maximum absolute atomic E-state index is 4.62. The van der Waals surface area contributed by atoms with Gasteiger partial charge in [-0.1, -0.05) is 53.2 Å². The van der Waals surface area contributed by atoms with Crippen LogP contribution in [0, 0.1) is 5.92 Å². The van der Waals surface area contributed by atoms with E-state index >= 15 is 0 Å². The second kappa shape index (κ2) is 5.02. The topological polar surface area (TPSA) is 43.1 Å². The van der Waals surface area contributed by atoms with Crippen molar-refractivity contribution in [3.8, 4) is 10.6 Å². The van der Waals surface area contributed by atoms with Crippen LogP contribution < -0.4 is 0 Å². The van der Waals surface area contributed by atoms with Crippen molar-refractivity contribution >= 4 is 32.2 Å². The predicted molar refractivity (Wildman–Crippen MR) is 80.3 cm³/mol. The van der Waals surface area contributed by atoms with Crippen molar-refractivity contribution in [3.05, 3.63) is 34.6 Å². The first kappa shape index (κ1) is 12.7. The van der Waals surface area contributed by atoms with Crippen LogP contribution in [-0.4, -0.2) is 19.8 Å². The molecule has 0 spiro atoms.